The largest absolute Gasteiger partial charge is 0.341 e. The molecule has 2 saturated heterocycles. The Hall–Kier alpha value is -2.85. The van der Waals surface area contributed by atoms with Gasteiger partial charge in [0.2, 0.25) is 27.8 Å². The van der Waals surface area contributed by atoms with Crippen LogP contribution < -0.4 is 14.5 Å². The highest BCUT2D eigenvalue weighted by Gasteiger charge is 2.30. The van der Waals surface area contributed by atoms with Crippen molar-refractivity contribution >= 4 is 33.5 Å². The zero-order valence-electron chi connectivity index (χ0n) is 16.5. The van der Waals surface area contributed by atoms with Crippen LogP contribution in [0.15, 0.2) is 41.4 Å². The molecule has 30 heavy (non-hydrogen) atoms. The third-order valence-electron chi connectivity index (χ3n) is 5.24. The number of carbonyl (C=O) groups is 2. The number of nitrogens with one attached hydrogen (secondary N) is 1. The van der Waals surface area contributed by atoms with Crippen molar-refractivity contribution in [3.05, 3.63) is 42.2 Å². The van der Waals surface area contributed by atoms with Crippen molar-refractivity contribution in [1.82, 2.24) is 14.7 Å². The van der Waals surface area contributed by atoms with Gasteiger partial charge in [-0.15, -0.1) is 0 Å². The number of sulfonamides is 1. The van der Waals surface area contributed by atoms with Crippen LogP contribution in [0.2, 0.25) is 0 Å². The lowest BCUT2D eigenvalue weighted by Gasteiger charge is -2.26. The highest BCUT2D eigenvalue weighted by Crippen LogP contribution is 2.24. The molecule has 2 fully saturated rings. The van der Waals surface area contributed by atoms with Crippen molar-refractivity contribution < 1.29 is 18.0 Å². The first-order valence-corrected chi connectivity index (χ1v) is 11.4. The lowest BCUT2D eigenvalue weighted by atomic mass is 10.1. The van der Waals surface area contributed by atoms with E-state index in [1.54, 1.807) is 12.3 Å². The van der Waals surface area contributed by atoms with Crippen LogP contribution in [0.1, 0.15) is 37.8 Å². The van der Waals surface area contributed by atoms with E-state index in [1.807, 2.05) is 0 Å². The summed E-state index contributed by atoms with van der Waals surface area (Å²) in [7, 11) is -3.78. The molecule has 1 aromatic heterocycles. The Balaban J connectivity index is 1.43. The summed E-state index contributed by atoms with van der Waals surface area (Å²) in [6, 6.07) is 7.39. The quantitative estimate of drug-likeness (QED) is 0.694. The molecule has 1 aromatic carbocycles. The van der Waals surface area contributed by atoms with Gasteiger partial charge < -0.3 is 4.90 Å². The molecule has 10 heteroatoms. The van der Waals surface area contributed by atoms with Gasteiger partial charge in [0.25, 0.3) is 0 Å². The van der Waals surface area contributed by atoms with Gasteiger partial charge in [0.15, 0.2) is 0 Å². The van der Waals surface area contributed by atoms with Crippen LogP contribution in [0.5, 0.6) is 0 Å². The van der Waals surface area contributed by atoms with Crippen LogP contribution in [0.3, 0.4) is 0 Å². The van der Waals surface area contributed by atoms with Crippen LogP contribution in [0.25, 0.3) is 0 Å². The maximum absolute atomic E-state index is 12.6. The molecular formula is C20H23N5O4S. The van der Waals surface area contributed by atoms with Crippen LogP contribution in [-0.4, -0.2) is 43.3 Å². The third-order valence-corrected chi connectivity index (χ3v) is 6.66. The molecule has 0 aliphatic carbocycles. The van der Waals surface area contributed by atoms with Gasteiger partial charge in [-0.05, 0) is 49.6 Å². The minimum Gasteiger partial charge on any atom is -0.341 e. The van der Waals surface area contributed by atoms with Gasteiger partial charge in [-0.3, -0.25) is 14.5 Å². The summed E-state index contributed by atoms with van der Waals surface area (Å²) in [5.74, 6) is 0.0692. The first kappa shape index (κ1) is 20.4. The molecule has 4 rings (SSSR count). The Morgan fingerprint density at radius 3 is 2.27 bits per heavy atom. The average Bonchev–Trinajstić information content (AvgIpc) is 3.11. The predicted molar refractivity (Wildman–Crippen MR) is 110 cm³/mol. The first-order valence-electron chi connectivity index (χ1n) is 9.96. The summed E-state index contributed by atoms with van der Waals surface area (Å²) in [5, 5.41) is 0. The highest BCUT2D eigenvalue weighted by atomic mass is 32.2. The zero-order chi connectivity index (χ0) is 21.1. The monoisotopic (exact) mass is 429 g/mol. The van der Waals surface area contributed by atoms with Crippen molar-refractivity contribution in [2.24, 2.45) is 0 Å². The number of imide groups is 1. The summed E-state index contributed by atoms with van der Waals surface area (Å²) in [6.45, 7) is 1.85. The number of amides is 2. The Kier molecular flexibility index (Phi) is 5.78. The smallest absolute Gasteiger partial charge is 0.240 e. The molecule has 0 unspecified atom stereocenters. The number of piperidine rings is 1. The Morgan fingerprint density at radius 1 is 0.933 bits per heavy atom. The second kappa shape index (κ2) is 8.49. The molecule has 2 aliphatic rings. The summed E-state index contributed by atoms with van der Waals surface area (Å²) in [6.07, 6.45) is 5.40. The molecule has 0 saturated carbocycles. The molecule has 158 valence electrons. The van der Waals surface area contributed by atoms with E-state index >= 15 is 0 Å². The van der Waals surface area contributed by atoms with Gasteiger partial charge in [0, 0.05) is 32.1 Å². The van der Waals surface area contributed by atoms with E-state index in [2.05, 4.69) is 19.6 Å². The van der Waals surface area contributed by atoms with Crippen LogP contribution in [-0.2, 0) is 26.2 Å². The SMILES string of the molecule is O=C1CCC(=O)N1c1ccc(S(=O)(=O)NCc2ccnc(N3CCCCC3)n2)cc1. The number of hydrogen-bond acceptors (Lipinski definition) is 7. The highest BCUT2D eigenvalue weighted by molar-refractivity contribution is 7.89. The van der Waals surface area contributed by atoms with E-state index in [9.17, 15) is 18.0 Å². The number of carbonyl (C=O) groups excluding carboxylic acids is 2. The van der Waals surface area contributed by atoms with Crippen molar-refractivity contribution in [3.8, 4) is 0 Å². The maximum Gasteiger partial charge on any atom is 0.240 e. The van der Waals surface area contributed by atoms with Crippen molar-refractivity contribution in [2.45, 2.75) is 43.5 Å². The normalized spacial score (nSPS) is 17.6. The molecular weight excluding hydrogens is 406 g/mol. The minimum absolute atomic E-state index is 0.0382. The summed E-state index contributed by atoms with van der Waals surface area (Å²) in [4.78, 5) is 35.7. The third kappa shape index (κ3) is 4.34. The van der Waals surface area contributed by atoms with Gasteiger partial charge in [-0.25, -0.2) is 23.1 Å². The Labute approximate surface area is 175 Å². The molecule has 0 bridgehead atoms. The zero-order valence-corrected chi connectivity index (χ0v) is 17.3. The molecule has 0 radical (unpaired) electrons. The number of rotatable bonds is 6. The molecule has 2 aliphatic heterocycles. The molecule has 9 nitrogen and oxygen atoms in total. The van der Waals surface area contributed by atoms with Crippen molar-refractivity contribution in [2.75, 3.05) is 22.9 Å². The van der Waals surface area contributed by atoms with E-state index in [0.29, 0.717) is 17.3 Å². The van der Waals surface area contributed by atoms with Crippen LogP contribution in [0.4, 0.5) is 11.6 Å². The number of hydrogen-bond donors (Lipinski definition) is 1. The lowest BCUT2D eigenvalue weighted by molar-refractivity contribution is -0.121. The fraction of sp³-hybridized carbons (Fsp3) is 0.400. The standard InChI is InChI=1S/C20H23N5O4S/c26-18-8-9-19(27)25(18)16-4-6-17(7-5-16)30(28,29)22-14-15-10-11-21-20(23-15)24-12-2-1-3-13-24/h4-7,10-11,22H,1-3,8-9,12-14H2. The fourth-order valence-corrected chi connectivity index (χ4v) is 4.62. The maximum atomic E-state index is 12.6. The number of benzene rings is 1. The van der Waals surface area contributed by atoms with Gasteiger partial charge in [0.1, 0.15) is 0 Å². The van der Waals surface area contributed by atoms with Crippen molar-refractivity contribution in [1.29, 1.82) is 0 Å². The lowest BCUT2D eigenvalue weighted by Crippen LogP contribution is -2.31. The molecule has 0 spiro atoms. The summed E-state index contributed by atoms with van der Waals surface area (Å²) >= 11 is 0. The summed E-state index contributed by atoms with van der Waals surface area (Å²) in [5.41, 5.74) is 0.961. The molecule has 2 aromatic rings. The Morgan fingerprint density at radius 2 is 1.60 bits per heavy atom. The van der Waals surface area contributed by atoms with Gasteiger partial charge in [-0.2, -0.15) is 0 Å². The summed E-state index contributed by atoms with van der Waals surface area (Å²) < 4.78 is 27.8. The molecule has 2 amide bonds. The molecule has 0 atom stereocenters. The van der Waals surface area contributed by atoms with E-state index in [1.165, 1.54) is 30.7 Å². The van der Waals surface area contributed by atoms with Gasteiger partial charge in [0.05, 0.1) is 22.8 Å². The van der Waals surface area contributed by atoms with Gasteiger partial charge >= 0.3 is 0 Å². The number of aromatic nitrogens is 2. The van der Waals surface area contributed by atoms with E-state index < -0.39 is 10.0 Å². The van der Waals surface area contributed by atoms with E-state index in [4.69, 9.17) is 0 Å². The van der Waals surface area contributed by atoms with Crippen LogP contribution >= 0.6 is 0 Å². The topological polar surface area (TPSA) is 113 Å². The van der Waals surface area contributed by atoms with Crippen LogP contribution in [0, 0.1) is 0 Å². The van der Waals surface area contributed by atoms with E-state index in [0.717, 1.165) is 30.8 Å². The second-order valence-electron chi connectivity index (χ2n) is 7.34. The second-order valence-corrected chi connectivity index (χ2v) is 9.10. The number of nitrogens with zero attached hydrogens (tertiary/aromatic N) is 4. The number of anilines is 2. The minimum atomic E-state index is -3.78. The predicted octanol–water partition coefficient (Wildman–Crippen LogP) is 1.60. The Bertz CT molecular complexity index is 1030. The average molecular weight is 430 g/mol. The fourth-order valence-electron chi connectivity index (χ4n) is 3.62. The molecule has 3 heterocycles. The van der Waals surface area contributed by atoms with Gasteiger partial charge in [-0.1, -0.05) is 0 Å². The van der Waals surface area contributed by atoms with Crippen molar-refractivity contribution in [3.63, 3.8) is 0 Å². The first-order chi connectivity index (χ1) is 14.4. The van der Waals surface area contributed by atoms with E-state index in [-0.39, 0.29) is 36.1 Å². The molecule has 1 N–H and O–H groups in total.